The average molecular weight is 187 g/mol. The summed E-state index contributed by atoms with van der Waals surface area (Å²) in [4.78, 5) is 3.97. The minimum atomic E-state index is 0.0292. The van der Waals surface area contributed by atoms with Gasteiger partial charge in [-0.1, -0.05) is 6.07 Å². The number of nitrogens with two attached hydrogens (primary N) is 1. The Morgan fingerprint density at radius 2 is 2.29 bits per heavy atom. The quantitative estimate of drug-likeness (QED) is 0.513. The Bertz CT molecular complexity index is 435. The van der Waals surface area contributed by atoms with E-state index < -0.39 is 0 Å². The standard InChI is InChI=1S/C10H9N3O/c11-10(12)7-1-2-8-6-13-3-4-14-9(8)5-7/h1-6H,(H3,11,12). The predicted octanol–water partition coefficient (Wildman–Crippen LogP) is 1.25. The van der Waals surface area contributed by atoms with Gasteiger partial charge in [-0.15, -0.1) is 0 Å². The van der Waals surface area contributed by atoms with E-state index in [0.717, 1.165) is 5.56 Å². The second-order valence-corrected chi connectivity index (χ2v) is 2.85. The van der Waals surface area contributed by atoms with Crippen molar-refractivity contribution >= 4 is 12.1 Å². The van der Waals surface area contributed by atoms with Gasteiger partial charge >= 0.3 is 0 Å². The summed E-state index contributed by atoms with van der Waals surface area (Å²) >= 11 is 0. The number of amidine groups is 1. The first-order valence-electron chi connectivity index (χ1n) is 4.10. The zero-order valence-electron chi connectivity index (χ0n) is 7.40. The van der Waals surface area contributed by atoms with Crippen molar-refractivity contribution < 1.29 is 4.74 Å². The van der Waals surface area contributed by atoms with Gasteiger partial charge in [0.1, 0.15) is 17.8 Å². The Kier molecular flexibility index (Phi) is 2.02. The predicted molar refractivity (Wildman–Crippen MR) is 54.8 cm³/mol. The highest BCUT2D eigenvalue weighted by Crippen LogP contribution is 2.20. The molecule has 2 rings (SSSR count). The molecule has 1 aliphatic rings. The Morgan fingerprint density at radius 1 is 1.43 bits per heavy atom. The van der Waals surface area contributed by atoms with E-state index >= 15 is 0 Å². The third-order valence-electron chi connectivity index (χ3n) is 1.88. The molecule has 0 amide bonds. The minimum absolute atomic E-state index is 0.0292. The van der Waals surface area contributed by atoms with Crippen LogP contribution >= 0.6 is 0 Å². The van der Waals surface area contributed by atoms with Crippen LogP contribution in [0.5, 0.6) is 5.75 Å². The van der Waals surface area contributed by atoms with Gasteiger partial charge < -0.3 is 10.5 Å². The van der Waals surface area contributed by atoms with Crippen LogP contribution in [-0.4, -0.2) is 12.1 Å². The van der Waals surface area contributed by atoms with Crippen LogP contribution in [0.15, 0.2) is 35.7 Å². The second-order valence-electron chi connectivity index (χ2n) is 2.85. The van der Waals surface area contributed by atoms with Crippen LogP contribution in [0.25, 0.3) is 0 Å². The number of nitrogen functional groups attached to an aromatic ring is 1. The van der Waals surface area contributed by atoms with Crippen molar-refractivity contribution in [3.8, 4) is 5.75 Å². The molecule has 1 aromatic rings. The van der Waals surface area contributed by atoms with E-state index in [1.807, 2.05) is 6.07 Å². The summed E-state index contributed by atoms with van der Waals surface area (Å²) in [5.74, 6) is 0.691. The molecule has 0 fully saturated rings. The number of hydrogen-bond donors (Lipinski definition) is 2. The molecule has 0 radical (unpaired) electrons. The summed E-state index contributed by atoms with van der Waals surface area (Å²) in [7, 11) is 0. The maximum Gasteiger partial charge on any atom is 0.136 e. The van der Waals surface area contributed by atoms with Gasteiger partial charge in [-0.2, -0.15) is 0 Å². The van der Waals surface area contributed by atoms with Gasteiger partial charge in [-0.25, -0.2) is 0 Å². The summed E-state index contributed by atoms with van der Waals surface area (Å²) < 4.78 is 5.28. The first-order valence-corrected chi connectivity index (χ1v) is 4.10. The molecular weight excluding hydrogens is 178 g/mol. The molecule has 1 aromatic carbocycles. The third-order valence-corrected chi connectivity index (χ3v) is 1.88. The van der Waals surface area contributed by atoms with Crippen LogP contribution in [0.4, 0.5) is 0 Å². The minimum Gasteiger partial charge on any atom is -0.463 e. The molecule has 1 heterocycles. The van der Waals surface area contributed by atoms with Crippen molar-refractivity contribution in [2.45, 2.75) is 0 Å². The molecule has 0 atom stereocenters. The number of nitrogens with one attached hydrogen (secondary N) is 1. The van der Waals surface area contributed by atoms with Crippen LogP contribution in [0, 0.1) is 5.41 Å². The number of nitrogens with zero attached hydrogens (tertiary/aromatic N) is 1. The fraction of sp³-hybridized carbons (Fsp3) is 0. The summed E-state index contributed by atoms with van der Waals surface area (Å²) in [6.45, 7) is 0. The van der Waals surface area contributed by atoms with Gasteiger partial charge in [0, 0.05) is 17.3 Å². The van der Waals surface area contributed by atoms with E-state index in [9.17, 15) is 0 Å². The highest BCUT2D eigenvalue weighted by molar-refractivity contribution is 5.96. The number of hydrogen-bond acceptors (Lipinski definition) is 3. The van der Waals surface area contributed by atoms with Crippen LogP contribution in [0.3, 0.4) is 0 Å². The molecule has 0 aromatic heterocycles. The molecule has 0 saturated carbocycles. The molecule has 0 aliphatic carbocycles. The van der Waals surface area contributed by atoms with Crippen molar-refractivity contribution in [2.24, 2.45) is 10.7 Å². The van der Waals surface area contributed by atoms with Gasteiger partial charge in [0.25, 0.3) is 0 Å². The zero-order valence-corrected chi connectivity index (χ0v) is 7.40. The third kappa shape index (κ3) is 1.50. The highest BCUT2D eigenvalue weighted by Gasteiger charge is 2.05. The van der Waals surface area contributed by atoms with Crippen molar-refractivity contribution in [1.29, 1.82) is 5.41 Å². The zero-order chi connectivity index (χ0) is 9.97. The lowest BCUT2D eigenvalue weighted by Gasteiger charge is -2.05. The molecule has 3 N–H and O–H groups in total. The largest absolute Gasteiger partial charge is 0.463 e. The van der Waals surface area contributed by atoms with Gasteiger partial charge in [-0.05, 0) is 12.1 Å². The highest BCUT2D eigenvalue weighted by atomic mass is 16.5. The number of fused-ring (bicyclic) bond motifs is 1. The van der Waals surface area contributed by atoms with E-state index in [-0.39, 0.29) is 5.84 Å². The fourth-order valence-corrected chi connectivity index (χ4v) is 1.17. The Labute approximate surface area is 81.2 Å². The van der Waals surface area contributed by atoms with Gasteiger partial charge in [0.15, 0.2) is 0 Å². The molecule has 0 bridgehead atoms. The summed E-state index contributed by atoms with van der Waals surface area (Å²) in [5.41, 5.74) is 6.88. The molecule has 4 heteroatoms. The van der Waals surface area contributed by atoms with Gasteiger partial charge in [0.2, 0.25) is 0 Å². The molecule has 70 valence electrons. The Hall–Kier alpha value is -2.10. The molecule has 14 heavy (non-hydrogen) atoms. The maximum absolute atomic E-state index is 7.28. The van der Waals surface area contributed by atoms with Gasteiger partial charge in [0.05, 0.1) is 6.20 Å². The fourth-order valence-electron chi connectivity index (χ4n) is 1.17. The topological polar surface area (TPSA) is 71.5 Å². The van der Waals surface area contributed by atoms with E-state index in [1.54, 1.807) is 24.5 Å². The lowest BCUT2D eigenvalue weighted by Crippen LogP contribution is -2.11. The van der Waals surface area contributed by atoms with Crippen LogP contribution in [0.2, 0.25) is 0 Å². The summed E-state index contributed by atoms with van der Waals surface area (Å²) in [5, 5.41) is 7.28. The molecule has 0 saturated heterocycles. The van der Waals surface area contributed by atoms with Crippen molar-refractivity contribution in [3.05, 3.63) is 41.8 Å². The van der Waals surface area contributed by atoms with E-state index in [2.05, 4.69) is 4.99 Å². The second kappa shape index (κ2) is 3.33. The first kappa shape index (κ1) is 8.50. The molecule has 1 aliphatic heterocycles. The molecular formula is C10H9N3O. The smallest absolute Gasteiger partial charge is 0.136 e. The van der Waals surface area contributed by atoms with E-state index in [4.69, 9.17) is 15.9 Å². The normalized spacial score (nSPS) is 12.9. The summed E-state index contributed by atoms with van der Waals surface area (Å²) in [6, 6.07) is 5.31. The SMILES string of the molecule is N=C(N)c1ccc2c(c1)OC=CN=C2. The number of rotatable bonds is 1. The van der Waals surface area contributed by atoms with Crippen molar-refractivity contribution in [3.63, 3.8) is 0 Å². The lowest BCUT2D eigenvalue weighted by molar-refractivity contribution is 0.480. The van der Waals surface area contributed by atoms with Crippen molar-refractivity contribution in [1.82, 2.24) is 0 Å². The molecule has 0 unspecified atom stereocenters. The average Bonchev–Trinajstić information content (AvgIpc) is 2.41. The number of ether oxygens (including phenoxy) is 1. The van der Waals surface area contributed by atoms with E-state index in [1.165, 1.54) is 6.26 Å². The lowest BCUT2D eigenvalue weighted by atomic mass is 10.1. The van der Waals surface area contributed by atoms with Crippen LogP contribution in [0.1, 0.15) is 11.1 Å². The van der Waals surface area contributed by atoms with Crippen molar-refractivity contribution in [2.75, 3.05) is 0 Å². The Morgan fingerprint density at radius 3 is 3.07 bits per heavy atom. The maximum atomic E-state index is 7.28. The number of aliphatic imine (C=N–C) groups is 1. The summed E-state index contributed by atoms with van der Waals surface area (Å²) in [6.07, 6.45) is 4.75. The van der Waals surface area contributed by atoms with Crippen LogP contribution in [-0.2, 0) is 0 Å². The van der Waals surface area contributed by atoms with Gasteiger partial charge in [-0.3, -0.25) is 10.4 Å². The molecule has 4 nitrogen and oxygen atoms in total. The first-order chi connectivity index (χ1) is 6.77. The number of benzene rings is 1. The molecule has 0 spiro atoms. The Balaban J connectivity index is 2.49. The monoisotopic (exact) mass is 187 g/mol. The van der Waals surface area contributed by atoms with Crippen LogP contribution < -0.4 is 10.5 Å². The van der Waals surface area contributed by atoms with E-state index in [0.29, 0.717) is 11.3 Å².